The molecule has 0 N–H and O–H groups in total. The van der Waals surface area contributed by atoms with Crippen LogP contribution in [0.4, 0.5) is 0 Å². The highest BCUT2D eigenvalue weighted by molar-refractivity contribution is 5.97. The van der Waals surface area contributed by atoms with Crippen molar-refractivity contribution in [3.8, 4) is 0 Å². The molecule has 0 aliphatic carbocycles. The van der Waals surface area contributed by atoms with E-state index in [1.165, 1.54) is 6.42 Å². The van der Waals surface area contributed by atoms with Crippen LogP contribution >= 0.6 is 0 Å². The molecule has 0 spiro atoms. The highest BCUT2D eigenvalue weighted by atomic mass is 16.2. The number of fused-ring (bicyclic) bond motifs is 1. The minimum Gasteiger partial charge on any atom is -0.337 e. The molecule has 4 rings (SSSR count). The fraction of sp³-hybridized carbons (Fsp3) is 0.522. The molecule has 29 heavy (non-hydrogen) atoms. The molecule has 2 aliphatic rings. The predicted molar refractivity (Wildman–Crippen MR) is 112 cm³/mol. The van der Waals surface area contributed by atoms with E-state index >= 15 is 0 Å². The van der Waals surface area contributed by atoms with Gasteiger partial charge < -0.3 is 14.4 Å². The molecule has 0 bridgehead atoms. The van der Waals surface area contributed by atoms with E-state index in [-0.39, 0.29) is 11.8 Å². The van der Waals surface area contributed by atoms with Crippen LogP contribution in [-0.4, -0.2) is 50.8 Å². The topological polar surface area (TPSA) is 58.4 Å². The lowest BCUT2D eigenvalue weighted by Gasteiger charge is -2.26. The zero-order chi connectivity index (χ0) is 20.2. The first-order chi connectivity index (χ1) is 14.2. The number of hydrogen-bond acceptors (Lipinski definition) is 3. The van der Waals surface area contributed by atoms with Gasteiger partial charge in [-0.25, -0.2) is 4.98 Å². The Hall–Kier alpha value is -2.63. The molecule has 1 saturated heterocycles. The van der Waals surface area contributed by atoms with Gasteiger partial charge in [-0.15, -0.1) is 0 Å². The minimum atomic E-state index is -0.0859. The number of hydrogen-bond donors (Lipinski definition) is 0. The van der Waals surface area contributed by atoms with Crippen molar-refractivity contribution in [1.29, 1.82) is 0 Å². The van der Waals surface area contributed by atoms with Gasteiger partial charge >= 0.3 is 0 Å². The van der Waals surface area contributed by atoms with Gasteiger partial charge in [0.05, 0.1) is 5.69 Å². The van der Waals surface area contributed by atoms with Gasteiger partial charge in [-0.1, -0.05) is 30.3 Å². The average molecular weight is 395 g/mol. The fourth-order valence-electron chi connectivity index (χ4n) is 4.40. The Bertz CT molecular complexity index is 869. The third kappa shape index (κ3) is 4.07. The number of imidazole rings is 1. The zero-order valence-electron chi connectivity index (χ0n) is 17.3. The van der Waals surface area contributed by atoms with Crippen molar-refractivity contribution < 1.29 is 9.59 Å². The van der Waals surface area contributed by atoms with Crippen molar-refractivity contribution in [2.45, 2.75) is 58.5 Å². The summed E-state index contributed by atoms with van der Waals surface area (Å²) in [5, 5.41) is 0. The molecule has 2 aliphatic heterocycles. The molecule has 0 radical (unpaired) electrons. The van der Waals surface area contributed by atoms with E-state index in [1.807, 2.05) is 51.6 Å². The van der Waals surface area contributed by atoms with Gasteiger partial charge in [0.25, 0.3) is 11.8 Å². The molecule has 3 heterocycles. The van der Waals surface area contributed by atoms with Crippen LogP contribution in [0.5, 0.6) is 0 Å². The molecule has 1 fully saturated rings. The third-order valence-electron chi connectivity index (χ3n) is 6.04. The first-order valence-electron chi connectivity index (χ1n) is 10.9. The summed E-state index contributed by atoms with van der Waals surface area (Å²) in [6, 6.07) is 10.0. The number of carbonyl (C=O) groups excluding carboxylic acids is 2. The highest BCUT2D eigenvalue weighted by Crippen LogP contribution is 2.24. The minimum absolute atomic E-state index is 0.000470. The summed E-state index contributed by atoms with van der Waals surface area (Å²) in [5.74, 6) is 0.343. The molecule has 6 nitrogen and oxygen atoms in total. The summed E-state index contributed by atoms with van der Waals surface area (Å²) in [7, 11) is 0. The number of amides is 2. The maximum absolute atomic E-state index is 13.4. The van der Waals surface area contributed by atoms with Gasteiger partial charge in [0.15, 0.2) is 5.82 Å². The van der Waals surface area contributed by atoms with Gasteiger partial charge in [-0.3, -0.25) is 9.59 Å². The Kier molecular flexibility index (Phi) is 5.97. The van der Waals surface area contributed by atoms with Gasteiger partial charge in [-0.05, 0) is 51.0 Å². The van der Waals surface area contributed by atoms with Crippen LogP contribution in [0.1, 0.15) is 71.4 Å². The van der Waals surface area contributed by atoms with Gasteiger partial charge in [0.2, 0.25) is 0 Å². The Morgan fingerprint density at radius 3 is 2.45 bits per heavy atom. The second-order valence-corrected chi connectivity index (χ2v) is 8.00. The van der Waals surface area contributed by atoms with Gasteiger partial charge in [0, 0.05) is 32.7 Å². The number of likely N-dealkylation sites (tertiary alicyclic amines) is 1. The van der Waals surface area contributed by atoms with E-state index in [2.05, 4.69) is 4.98 Å². The summed E-state index contributed by atoms with van der Waals surface area (Å²) in [4.78, 5) is 34.9. The second-order valence-electron chi connectivity index (χ2n) is 8.00. The van der Waals surface area contributed by atoms with Crippen molar-refractivity contribution in [2.24, 2.45) is 0 Å². The van der Waals surface area contributed by atoms with Crippen LogP contribution in [0.15, 0.2) is 30.3 Å². The van der Waals surface area contributed by atoms with E-state index in [0.717, 1.165) is 63.0 Å². The van der Waals surface area contributed by atoms with E-state index in [4.69, 9.17) is 0 Å². The molecule has 6 heteroatoms. The molecular weight excluding hydrogens is 364 g/mol. The largest absolute Gasteiger partial charge is 0.337 e. The van der Waals surface area contributed by atoms with Crippen molar-refractivity contribution >= 4 is 11.8 Å². The summed E-state index contributed by atoms with van der Waals surface area (Å²) in [5.41, 5.74) is 2.55. The normalized spacial score (nSPS) is 16.4. The first-order valence-corrected chi connectivity index (χ1v) is 10.9. The maximum atomic E-state index is 13.4. The third-order valence-corrected chi connectivity index (χ3v) is 6.04. The lowest BCUT2D eigenvalue weighted by Crippen LogP contribution is -2.36. The maximum Gasteiger partial charge on any atom is 0.290 e. The lowest BCUT2D eigenvalue weighted by molar-refractivity contribution is 0.0717. The van der Waals surface area contributed by atoms with Crippen molar-refractivity contribution in [3.63, 3.8) is 0 Å². The van der Waals surface area contributed by atoms with Gasteiger partial charge in [-0.2, -0.15) is 0 Å². The predicted octanol–water partition coefficient (Wildman–Crippen LogP) is 3.51. The SMILES string of the molecule is CCN(Cc1ccccc1)C(=O)c1nc(C(=O)N2CCCCC2)c2n1CCCC2. The highest BCUT2D eigenvalue weighted by Gasteiger charge is 2.31. The Balaban J connectivity index is 1.63. The average Bonchev–Trinajstić information content (AvgIpc) is 3.17. The molecule has 154 valence electrons. The molecule has 0 unspecified atom stereocenters. The van der Waals surface area contributed by atoms with Crippen molar-refractivity contribution in [1.82, 2.24) is 19.4 Å². The lowest BCUT2D eigenvalue weighted by atomic mass is 10.1. The summed E-state index contributed by atoms with van der Waals surface area (Å²) < 4.78 is 2.01. The molecule has 2 amide bonds. The monoisotopic (exact) mass is 394 g/mol. The Morgan fingerprint density at radius 2 is 1.72 bits per heavy atom. The Morgan fingerprint density at radius 1 is 1.00 bits per heavy atom. The first kappa shape index (κ1) is 19.7. The number of benzene rings is 1. The standard InChI is InChI=1S/C23H30N4O2/c1-2-25(17-18-11-5-3-6-12-18)23(29)21-24-20(19-13-7-10-16-27(19)21)22(28)26-14-8-4-9-15-26/h3,5-6,11-12H,2,4,7-10,13-17H2,1H3. The van der Waals surface area contributed by atoms with Crippen LogP contribution in [0, 0.1) is 0 Å². The van der Waals surface area contributed by atoms with Crippen molar-refractivity contribution in [3.05, 3.63) is 53.1 Å². The van der Waals surface area contributed by atoms with Crippen molar-refractivity contribution in [2.75, 3.05) is 19.6 Å². The molecule has 0 saturated carbocycles. The second kappa shape index (κ2) is 8.80. The van der Waals surface area contributed by atoms with Crippen LogP contribution < -0.4 is 0 Å². The molecule has 0 atom stereocenters. The summed E-state index contributed by atoms with van der Waals surface area (Å²) in [6.07, 6.45) is 6.16. The number of rotatable bonds is 5. The number of piperidine rings is 1. The van der Waals surface area contributed by atoms with E-state index in [9.17, 15) is 9.59 Å². The molecule has 1 aromatic carbocycles. The number of nitrogens with zero attached hydrogens (tertiary/aromatic N) is 4. The summed E-state index contributed by atoms with van der Waals surface area (Å²) >= 11 is 0. The van der Waals surface area contributed by atoms with Crippen LogP contribution in [0.3, 0.4) is 0 Å². The van der Waals surface area contributed by atoms with Crippen LogP contribution in [-0.2, 0) is 19.5 Å². The van der Waals surface area contributed by atoms with E-state index < -0.39 is 0 Å². The summed E-state index contributed by atoms with van der Waals surface area (Å²) in [6.45, 7) is 5.49. The van der Waals surface area contributed by atoms with Crippen LogP contribution in [0.25, 0.3) is 0 Å². The molecule has 1 aromatic heterocycles. The van der Waals surface area contributed by atoms with E-state index in [1.54, 1.807) is 0 Å². The molecule has 2 aromatic rings. The zero-order valence-corrected chi connectivity index (χ0v) is 17.3. The Labute approximate surface area is 172 Å². The quantitative estimate of drug-likeness (QED) is 0.780. The molecular formula is C23H30N4O2. The smallest absolute Gasteiger partial charge is 0.290 e. The van der Waals surface area contributed by atoms with Gasteiger partial charge in [0.1, 0.15) is 5.69 Å². The number of aromatic nitrogens is 2. The number of carbonyl (C=O) groups is 2. The van der Waals surface area contributed by atoms with E-state index in [0.29, 0.717) is 24.6 Å². The van der Waals surface area contributed by atoms with Crippen LogP contribution in [0.2, 0.25) is 0 Å². The fourth-order valence-corrected chi connectivity index (χ4v) is 4.40.